The lowest BCUT2D eigenvalue weighted by Gasteiger charge is -2.36. The third-order valence-corrected chi connectivity index (χ3v) is 4.92. The smallest absolute Gasteiger partial charge is 0.0196 e. The van der Waals surface area contributed by atoms with Crippen LogP contribution in [-0.2, 0) is 5.41 Å². The topological polar surface area (TPSA) is 3.24 Å². The Balaban J connectivity index is 2.00. The van der Waals surface area contributed by atoms with Crippen molar-refractivity contribution in [3.63, 3.8) is 0 Å². The maximum absolute atomic E-state index is 2.63. The van der Waals surface area contributed by atoms with Gasteiger partial charge in [-0.05, 0) is 55.7 Å². The minimum atomic E-state index is 0.233. The number of piperidine rings is 1. The maximum atomic E-state index is 2.63. The van der Waals surface area contributed by atoms with E-state index in [9.17, 15) is 0 Å². The first kappa shape index (κ1) is 17.3. The van der Waals surface area contributed by atoms with E-state index in [1.165, 1.54) is 36.1 Å². The Labute approximate surface area is 137 Å². The van der Waals surface area contributed by atoms with Crippen molar-refractivity contribution in [2.75, 3.05) is 13.1 Å². The van der Waals surface area contributed by atoms with Gasteiger partial charge in [0.05, 0.1) is 0 Å². The largest absolute Gasteiger partial charge is 0.297 e. The molecule has 1 aromatic rings. The van der Waals surface area contributed by atoms with E-state index in [0.717, 1.165) is 18.5 Å². The van der Waals surface area contributed by atoms with E-state index in [-0.39, 0.29) is 5.41 Å². The summed E-state index contributed by atoms with van der Waals surface area (Å²) in [6.07, 6.45) is 5.03. The molecule has 1 saturated heterocycles. The molecule has 2 atom stereocenters. The van der Waals surface area contributed by atoms with Gasteiger partial charge in [-0.25, -0.2) is 0 Å². The molecular weight excluding hydrogens is 266 g/mol. The second kappa shape index (κ2) is 7.00. The van der Waals surface area contributed by atoms with Gasteiger partial charge in [-0.15, -0.1) is 0 Å². The number of hydrogen-bond donors (Lipinski definition) is 0. The van der Waals surface area contributed by atoms with Crippen molar-refractivity contribution in [2.24, 2.45) is 5.92 Å². The van der Waals surface area contributed by atoms with E-state index in [4.69, 9.17) is 0 Å². The predicted octanol–water partition coefficient (Wildman–Crippen LogP) is 5.51. The summed E-state index contributed by atoms with van der Waals surface area (Å²) >= 11 is 0. The van der Waals surface area contributed by atoms with Crippen molar-refractivity contribution in [3.8, 4) is 0 Å². The van der Waals surface area contributed by atoms with Gasteiger partial charge in [-0.3, -0.25) is 4.90 Å². The zero-order valence-electron chi connectivity index (χ0n) is 15.3. The molecule has 0 N–H and O–H groups in total. The highest BCUT2D eigenvalue weighted by Crippen LogP contribution is 2.24. The van der Waals surface area contributed by atoms with Gasteiger partial charge in [0.1, 0.15) is 0 Å². The molecule has 1 aromatic carbocycles. The normalized spacial score (nSPS) is 24.5. The predicted molar refractivity (Wildman–Crippen MR) is 98.2 cm³/mol. The van der Waals surface area contributed by atoms with Crippen molar-refractivity contribution < 1.29 is 0 Å². The Morgan fingerprint density at radius 2 is 1.82 bits per heavy atom. The summed E-state index contributed by atoms with van der Waals surface area (Å²) < 4.78 is 0. The molecule has 0 aliphatic carbocycles. The van der Waals surface area contributed by atoms with Crippen LogP contribution in [0.4, 0.5) is 0 Å². The van der Waals surface area contributed by atoms with Crippen LogP contribution in [0.2, 0.25) is 0 Å². The summed E-state index contributed by atoms with van der Waals surface area (Å²) in [4.78, 5) is 2.63. The van der Waals surface area contributed by atoms with Crippen molar-refractivity contribution in [2.45, 2.75) is 65.8 Å². The number of hydrogen-bond acceptors (Lipinski definition) is 1. The van der Waals surface area contributed by atoms with E-state index in [2.05, 4.69) is 76.8 Å². The van der Waals surface area contributed by atoms with Crippen molar-refractivity contribution >= 4 is 6.08 Å². The molecule has 0 amide bonds. The van der Waals surface area contributed by atoms with Crippen LogP contribution < -0.4 is 0 Å². The van der Waals surface area contributed by atoms with E-state index < -0.39 is 0 Å². The van der Waals surface area contributed by atoms with Crippen LogP contribution in [0.15, 0.2) is 29.8 Å². The summed E-state index contributed by atoms with van der Waals surface area (Å²) in [5, 5.41) is 0. The van der Waals surface area contributed by atoms with Crippen LogP contribution in [0.3, 0.4) is 0 Å². The monoisotopic (exact) mass is 299 g/mol. The Kier molecular flexibility index (Phi) is 5.50. The molecule has 22 heavy (non-hydrogen) atoms. The Bertz CT molecular complexity index is 504. The van der Waals surface area contributed by atoms with Crippen molar-refractivity contribution in [3.05, 3.63) is 41.0 Å². The summed E-state index contributed by atoms with van der Waals surface area (Å²) in [5.74, 6) is 0.889. The first-order valence-corrected chi connectivity index (χ1v) is 8.77. The SMILES string of the molecule is CC(=Cc1ccc(C(C)(C)C)cc1)CN1CCC(C)CC1C. The molecule has 1 aliphatic heterocycles. The molecule has 1 fully saturated rings. The molecule has 1 aliphatic rings. The van der Waals surface area contributed by atoms with Crippen LogP contribution in [0.25, 0.3) is 6.08 Å². The fourth-order valence-electron chi connectivity index (χ4n) is 3.42. The minimum absolute atomic E-state index is 0.233. The molecule has 2 unspecified atom stereocenters. The van der Waals surface area contributed by atoms with Gasteiger partial charge in [0.15, 0.2) is 0 Å². The van der Waals surface area contributed by atoms with Gasteiger partial charge >= 0.3 is 0 Å². The zero-order chi connectivity index (χ0) is 16.3. The number of nitrogens with zero attached hydrogens (tertiary/aromatic N) is 1. The Hall–Kier alpha value is -1.08. The average molecular weight is 300 g/mol. The second-order valence-electron chi connectivity index (χ2n) is 8.31. The minimum Gasteiger partial charge on any atom is -0.297 e. The van der Waals surface area contributed by atoms with Gasteiger partial charge in [-0.1, -0.05) is 63.6 Å². The molecule has 1 heterocycles. The molecule has 0 radical (unpaired) electrons. The quantitative estimate of drug-likeness (QED) is 0.711. The summed E-state index contributed by atoms with van der Waals surface area (Å²) in [7, 11) is 0. The number of rotatable bonds is 3. The first-order valence-electron chi connectivity index (χ1n) is 8.77. The Morgan fingerprint density at radius 3 is 2.36 bits per heavy atom. The summed E-state index contributed by atoms with van der Waals surface area (Å²) in [5.41, 5.74) is 4.42. The van der Waals surface area contributed by atoms with Crippen molar-refractivity contribution in [1.82, 2.24) is 4.90 Å². The molecule has 1 heteroatoms. The van der Waals surface area contributed by atoms with Crippen LogP contribution in [0, 0.1) is 5.92 Å². The highest BCUT2D eigenvalue weighted by atomic mass is 15.2. The van der Waals surface area contributed by atoms with Gasteiger partial charge in [0.25, 0.3) is 0 Å². The van der Waals surface area contributed by atoms with Gasteiger partial charge in [0.2, 0.25) is 0 Å². The Morgan fingerprint density at radius 1 is 1.18 bits per heavy atom. The molecule has 1 nitrogen and oxygen atoms in total. The van der Waals surface area contributed by atoms with E-state index in [0.29, 0.717) is 0 Å². The average Bonchev–Trinajstić information content (AvgIpc) is 2.41. The van der Waals surface area contributed by atoms with E-state index >= 15 is 0 Å². The first-order chi connectivity index (χ1) is 10.3. The molecule has 0 saturated carbocycles. The third kappa shape index (κ3) is 4.71. The van der Waals surface area contributed by atoms with E-state index in [1.54, 1.807) is 0 Å². The summed E-state index contributed by atoms with van der Waals surface area (Å²) in [6.45, 7) is 16.2. The van der Waals surface area contributed by atoms with Gasteiger partial charge in [0, 0.05) is 12.6 Å². The van der Waals surface area contributed by atoms with Crippen LogP contribution >= 0.6 is 0 Å². The molecular formula is C21H33N. The molecule has 0 spiro atoms. The van der Waals surface area contributed by atoms with Crippen LogP contribution in [-0.4, -0.2) is 24.0 Å². The van der Waals surface area contributed by atoms with Crippen molar-refractivity contribution in [1.29, 1.82) is 0 Å². The highest BCUT2D eigenvalue weighted by molar-refractivity contribution is 5.53. The number of benzene rings is 1. The van der Waals surface area contributed by atoms with E-state index in [1.807, 2.05) is 0 Å². The maximum Gasteiger partial charge on any atom is 0.0196 e. The molecule has 2 rings (SSSR count). The zero-order valence-corrected chi connectivity index (χ0v) is 15.3. The van der Waals surface area contributed by atoms with Crippen LogP contribution in [0.5, 0.6) is 0 Å². The lowest BCUT2D eigenvalue weighted by Crippen LogP contribution is -2.40. The molecule has 0 aromatic heterocycles. The lowest BCUT2D eigenvalue weighted by atomic mass is 9.86. The standard InChI is InChI=1S/C21H33N/c1-16-11-12-22(18(3)13-16)15-17(2)14-19-7-9-20(10-8-19)21(4,5)6/h7-10,14,16,18H,11-13,15H2,1-6H3. The van der Waals surface area contributed by atoms with Gasteiger partial charge < -0.3 is 0 Å². The highest BCUT2D eigenvalue weighted by Gasteiger charge is 2.22. The molecule has 122 valence electrons. The fourth-order valence-corrected chi connectivity index (χ4v) is 3.42. The third-order valence-electron chi connectivity index (χ3n) is 4.92. The fraction of sp³-hybridized carbons (Fsp3) is 0.619. The molecule has 0 bridgehead atoms. The van der Waals surface area contributed by atoms with Gasteiger partial charge in [-0.2, -0.15) is 0 Å². The number of likely N-dealkylation sites (tertiary alicyclic amines) is 1. The second-order valence-corrected chi connectivity index (χ2v) is 8.31. The lowest BCUT2D eigenvalue weighted by molar-refractivity contribution is 0.141. The van der Waals surface area contributed by atoms with Crippen LogP contribution in [0.1, 0.15) is 65.5 Å². The summed E-state index contributed by atoms with van der Waals surface area (Å²) in [6, 6.07) is 9.77.